The molecule has 2 aliphatic carbocycles. The fourth-order valence-corrected chi connectivity index (χ4v) is 9.72. The van der Waals surface area contributed by atoms with Gasteiger partial charge in [-0.3, -0.25) is 0 Å². The molecule has 2 aliphatic rings. The molecule has 8 rings (SSSR count). The number of fused-ring (bicyclic) bond motifs is 6. The number of benzene rings is 6. The minimum atomic E-state index is -0.0236. The summed E-state index contributed by atoms with van der Waals surface area (Å²) in [5, 5.41) is 0. The van der Waals surface area contributed by atoms with E-state index in [1.165, 1.54) is 122 Å². The number of rotatable bonds is 3. The molecule has 6 aromatic carbocycles. The Kier molecular flexibility index (Phi) is 7.09. The molecule has 0 aromatic heterocycles. The van der Waals surface area contributed by atoms with Gasteiger partial charge in [-0.05, 0) is 156 Å². The molecule has 0 fully saturated rings. The molecule has 0 amide bonds. The van der Waals surface area contributed by atoms with Gasteiger partial charge >= 0.3 is 0 Å². The minimum absolute atomic E-state index is 0.0236. The van der Waals surface area contributed by atoms with Gasteiger partial charge in [-0.25, -0.2) is 0 Å². The Labute approximate surface area is 300 Å². The van der Waals surface area contributed by atoms with E-state index in [-0.39, 0.29) is 10.8 Å². The zero-order valence-electron chi connectivity index (χ0n) is 32.1. The average molecular weight is 651 g/mol. The summed E-state index contributed by atoms with van der Waals surface area (Å²) in [5.74, 6) is 0. The molecule has 0 heterocycles. The summed E-state index contributed by atoms with van der Waals surface area (Å²) in [6.45, 7) is 27.7. The second-order valence-corrected chi connectivity index (χ2v) is 16.8. The van der Waals surface area contributed by atoms with Crippen LogP contribution >= 0.6 is 0 Å². The zero-order valence-corrected chi connectivity index (χ0v) is 32.1. The van der Waals surface area contributed by atoms with E-state index in [1.807, 2.05) is 0 Å². The van der Waals surface area contributed by atoms with Gasteiger partial charge in [0.2, 0.25) is 0 Å². The predicted molar refractivity (Wildman–Crippen MR) is 216 cm³/mol. The highest BCUT2D eigenvalue weighted by Gasteiger charge is 2.39. The van der Waals surface area contributed by atoms with Gasteiger partial charge in [0.25, 0.3) is 0 Å². The van der Waals surface area contributed by atoms with Crippen molar-refractivity contribution in [2.24, 2.45) is 0 Å². The summed E-state index contributed by atoms with van der Waals surface area (Å²) in [5.41, 5.74) is 30.0. The predicted octanol–water partition coefficient (Wildman–Crippen LogP) is 13.8. The van der Waals surface area contributed by atoms with Crippen molar-refractivity contribution in [2.45, 2.75) is 93.9 Å². The third-order valence-electron chi connectivity index (χ3n) is 12.1. The summed E-state index contributed by atoms with van der Waals surface area (Å²) >= 11 is 0. The van der Waals surface area contributed by atoms with Gasteiger partial charge in [-0.15, -0.1) is 0 Å². The van der Waals surface area contributed by atoms with Crippen molar-refractivity contribution in [3.63, 3.8) is 0 Å². The summed E-state index contributed by atoms with van der Waals surface area (Å²) in [6.07, 6.45) is 0. The summed E-state index contributed by atoms with van der Waals surface area (Å²) in [6, 6.07) is 33.4. The monoisotopic (exact) mass is 650 g/mol. The van der Waals surface area contributed by atoms with Crippen LogP contribution < -0.4 is 0 Å². The highest BCUT2D eigenvalue weighted by molar-refractivity contribution is 5.97. The lowest BCUT2D eigenvalue weighted by molar-refractivity contribution is 0.659. The number of hydrogen-bond acceptors (Lipinski definition) is 0. The van der Waals surface area contributed by atoms with Crippen LogP contribution in [-0.4, -0.2) is 0 Å². The Hall–Kier alpha value is -4.68. The van der Waals surface area contributed by atoms with Crippen molar-refractivity contribution in [2.75, 3.05) is 0 Å². The van der Waals surface area contributed by atoms with Crippen LogP contribution in [0, 0.1) is 55.4 Å². The van der Waals surface area contributed by atoms with Crippen molar-refractivity contribution < 1.29 is 0 Å². The van der Waals surface area contributed by atoms with Crippen molar-refractivity contribution in [1.82, 2.24) is 0 Å². The molecule has 0 nitrogen and oxygen atoms in total. The molecular weight excluding hydrogens is 601 g/mol. The van der Waals surface area contributed by atoms with Crippen molar-refractivity contribution >= 4 is 0 Å². The first-order chi connectivity index (χ1) is 23.6. The van der Waals surface area contributed by atoms with Gasteiger partial charge in [-0.1, -0.05) is 135 Å². The number of aryl methyl sites for hydroxylation is 8. The molecule has 0 saturated heterocycles. The van der Waals surface area contributed by atoms with E-state index < -0.39 is 0 Å². The molecule has 250 valence electrons. The summed E-state index contributed by atoms with van der Waals surface area (Å²) in [4.78, 5) is 0. The van der Waals surface area contributed by atoms with Crippen LogP contribution in [0.2, 0.25) is 0 Å². The fourth-order valence-electron chi connectivity index (χ4n) is 9.72. The third kappa shape index (κ3) is 4.64. The van der Waals surface area contributed by atoms with Gasteiger partial charge in [0.05, 0.1) is 0 Å². The Morgan fingerprint density at radius 2 is 0.620 bits per heavy atom. The molecule has 0 N–H and O–H groups in total. The van der Waals surface area contributed by atoms with Crippen LogP contribution in [0.1, 0.15) is 94.5 Å². The largest absolute Gasteiger partial charge is 0.0587 e. The SMILES string of the molecule is Cc1ccc2c(c1)C(C)(C)c1cc(C)cc(-c3c(C)cc(-c4cc(C)c(-c5cc(C)cc6c5-c5ccc(C)cc5C6(C)C)c(C)c4)cc3C)c1-2. The molecule has 0 saturated carbocycles. The Morgan fingerprint density at radius 3 is 0.960 bits per heavy atom. The Morgan fingerprint density at radius 1 is 0.300 bits per heavy atom. The second-order valence-electron chi connectivity index (χ2n) is 16.8. The van der Waals surface area contributed by atoms with Gasteiger partial charge in [0.15, 0.2) is 0 Å². The standard InChI is InChI=1S/C50H50/c1-27-13-15-37-41(19-27)49(9,10)43-21-29(3)17-39(47(37)43)45-31(5)23-35(24-32(45)6)36-25-33(7)46(34(8)26-36)40-18-30(4)22-44-48(40)38-16-14-28(2)20-42(38)50(44,11)12/h13-26H,1-12H3. The minimum Gasteiger partial charge on any atom is -0.0587 e. The normalized spacial score (nSPS) is 14.7. The van der Waals surface area contributed by atoms with E-state index in [0.717, 1.165) is 0 Å². The van der Waals surface area contributed by atoms with E-state index in [9.17, 15) is 0 Å². The summed E-state index contributed by atoms with van der Waals surface area (Å²) < 4.78 is 0. The van der Waals surface area contributed by atoms with Crippen LogP contribution in [0.3, 0.4) is 0 Å². The molecule has 50 heavy (non-hydrogen) atoms. The molecule has 6 aromatic rings. The first kappa shape index (κ1) is 32.5. The van der Waals surface area contributed by atoms with E-state index in [1.54, 1.807) is 0 Å². The fraction of sp³-hybridized carbons (Fsp3) is 0.280. The first-order valence-electron chi connectivity index (χ1n) is 18.3. The second kappa shape index (κ2) is 10.9. The quantitative estimate of drug-likeness (QED) is 0.179. The maximum absolute atomic E-state index is 2.42. The molecular formula is C50H50. The lowest BCUT2D eigenvalue weighted by Gasteiger charge is -2.24. The smallest absolute Gasteiger partial charge is 0.0159 e. The highest BCUT2D eigenvalue weighted by Crippen LogP contribution is 2.55. The maximum atomic E-state index is 2.42. The van der Waals surface area contributed by atoms with Crippen molar-refractivity contribution in [1.29, 1.82) is 0 Å². The first-order valence-corrected chi connectivity index (χ1v) is 18.3. The van der Waals surface area contributed by atoms with Crippen molar-refractivity contribution in [3.05, 3.63) is 152 Å². The molecule has 0 aliphatic heterocycles. The van der Waals surface area contributed by atoms with Crippen LogP contribution in [0.15, 0.2) is 84.9 Å². The van der Waals surface area contributed by atoms with Gasteiger partial charge in [-0.2, -0.15) is 0 Å². The third-order valence-corrected chi connectivity index (χ3v) is 12.1. The maximum Gasteiger partial charge on any atom is 0.0159 e. The topological polar surface area (TPSA) is 0 Å². The lowest BCUT2D eigenvalue weighted by Crippen LogP contribution is -2.15. The van der Waals surface area contributed by atoms with Gasteiger partial charge < -0.3 is 0 Å². The number of hydrogen-bond donors (Lipinski definition) is 0. The van der Waals surface area contributed by atoms with Crippen LogP contribution in [-0.2, 0) is 10.8 Å². The molecule has 0 radical (unpaired) electrons. The molecule has 0 atom stereocenters. The van der Waals surface area contributed by atoms with Crippen molar-refractivity contribution in [3.8, 4) is 55.6 Å². The van der Waals surface area contributed by atoms with E-state index >= 15 is 0 Å². The zero-order chi connectivity index (χ0) is 35.6. The molecule has 0 unspecified atom stereocenters. The van der Waals surface area contributed by atoms with E-state index in [0.29, 0.717) is 0 Å². The molecule has 0 bridgehead atoms. The van der Waals surface area contributed by atoms with Gasteiger partial charge in [0, 0.05) is 10.8 Å². The average Bonchev–Trinajstić information content (AvgIpc) is 3.38. The Balaban J connectivity index is 1.26. The van der Waals surface area contributed by atoms with Crippen LogP contribution in [0.5, 0.6) is 0 Å². The highest BCUT2D eigenvalue weighted by atomic mass is 14.4. The van der Waals surface area contributed by atoms with E-state index in [4.69, 9.17) is 0 Å². The van der Waals surface area contributed by atoms with Crippen LogP contribution in [0.4, 0.5) is 0 Å². The molecule has 0 spiro atoms. The Bertz CT molecular complexity index is 2220. The summed E-state index contributed by atoms with van der Waals surface area (Å²) in [7, 11) is 0. The van der Waals surface area contributed by atoms with Gasteiger partial charge in [0.1, 0.15) is 0 Å². The molecule has 0 heteroatoms. The van der Waals surface area contributed by atoms with Crippen LogP contribution in [0.25, 0.3) is 55.6 Å². The van der Waals surface area contributed by atoms with E-state index in [2.05, 4.69) is 168 Å². The lowest BCUT2D eigenvalue weighted by atomic mass is 9.80.